The molecule has 0 fully saturated rings. The third-order valence-electron chi connectivity index (χ3n) is 3.63. The van der Waals surface area contributed by atoms with Crippen molar-refractivity contribution in [3.63, 3.8) is 0 Å². The van der Waals surface area contributed by atoms with Crippen molar-refractivity contribution in [2.24, 2.45) is 0 Å². The van der Waals surface area contributed by atoms with Crippen molar-refractivity contribution in [2.75, 3.05) is 0 Å². The lowest BCUT2D eigenvalue weighted by Gasteiger charge is -2.07. The molecule has 0 spiro atoms. The van der Waals surface area contributed by atoms with Crippen LogP contribution in [-0.2, 0) is 0 Å². The molecule has 0 radical (unpaired) electrons. The maximum Gasteiger partial charge on any atom is 0.0874 e. The molecule has 2 N–H and O–H groups in total. The van der Waals surface area contributed by atoms with Crippen molar-refractivity contribution < 1.29 is 0 Å². The molecule has 18 heavy (non-hydrogen) atoms. The van der Waals surface area contributed by atoms with Crippen LogP contribution in [0.2, 0.25) is 0 Å². The van der Waals surface area contributed by atoms with Crippen LogP contribution in [0.3, 0.4) is 0 Å². The lowest BCUT2D eigenvalue weighted by atomic mass is 9.96. The third-order valence-corrected chi connectivity index (χ3v) is 3.63. The highest BCUT2D eigenvalue weighted by Gasteiger charge is 2.10. The van der Waals surface area contributed by atoms with Gasteiger partial charge in [-0.15, -0.1) is 0 Å². The molecule has 3 aromatic carbocycles. The summed E-state index contributed by atoms with van der Waals surface area (Å²) in [6.45, 7) is 0. The van der Waals surface area contributed by atoms with Crippen molar-refractivity contribution >= 4 is 33.7 Å². The van der Waals surface area contributed by atoms with Crippen molar-refractivity contribution in [3.05, 3.63) is 57.9 Å². The summed E-state index contributed by atoms with van der Waals surface area (Å²) >= 11 is 0. The quantitative estimate of drug-likeness (QED) is 0.593. The van der Waals surface area contributed by atoms with Crippen molar-refractivity contribution in [3.8, 4) is 0 Å². The lowest BCUT2D eigenvalue weighted by Crippen LogP contribution is -2.28. The summed E-state index contributed by atoms with van der Waals surface area (Å²) in [6, 6.07) is 10.0. The molecule has 3 aromatic rings. The van der Waals surface area contributed by atoms with E-state index in [4.69, 9.17) is 10.8 Å². The number of fused-ring (bicyclic) bond motifs is 2. The van der Waals surface area contributed by atoms with Crippen LogP contribution in [0, 0.1) is 10.8 Å². The Morgan fingerprint density at radius 2 is 1.67 bits per heavy atom. The molecule has 0 aromatic heterocycles. The fraction of sp³-hybridized carbons (Fsp3) is 0. The zero-order valence-electron chi connectivity index (χ0n) is 9.62. The second-order valence-electron chi connectivity index (χ2n) is 4.66. The smallest absolute Gasteiger partial charge is 0.0874 e. The van der Waals surface area contributed by atoms with Crippen LogP contribution in [0.15, 0.2) is 36.4 Å². The molecule has 1 aliphatic carbocycles. The van der Waals surface area contributed by atoms with Crippen molar-refractivity contribution in [1.82, 2.24) is 0 Å². The Morgan fingerprint density at radius 1 is 0.889 bits per heavy atom. The van der Waals surface area contributed by atoms with Gasteiger partial charge in [0.25, 0.3) is 0 Å². The molecule has 2 nitrogen and oxygen atoms in total. The van der Waals surface area contributed by atoms with E-state index >= 15 is 0 Å². The summed E-state index contributed by atoms with van der Waals surface area (Å²) in [5.74, 6) is 0. The van der Waals surface area contributed by atoms with Gasteiger partial charge in [-0.3, -0.25) is 10.8 Å². The van der Waals surface area contributed by atoms with Gasteiger partial charge in [-0.25, -0.2) is 0 Å². The molecule has 0 aliphatic heterocycles. The largest absolute Gasteiger partial charge is 0.299 e. The Kier molecular flexibility index (Phi) is 1.61. The average molecular weight is 230 g/mol. The van der Waals surface area contributed by atoms with E-state index in [9.17, 15) is 0 Å². The molecule has 0 saturated carbocycles. The van der Waals surface area contributed by atoms with Crippen LogP contribution in [0.4, 0.5) is 0 Å². The Balaban J connectivity index is 2.54. The van der Waals surface area contributed by atoms with E-state index in [1.54, 1.807) is 6.07 Å². The fourth-order valence-corrected chi connectivity index (χ4v) is 2.83. The standard InChI is InChI=1S/C16H10N2/c17-13-8-11-5-1-4-10-7-9-3-2-6-12(9)15(14(10)11)16(13)18/h1-8,17-18H. The average Bonchev–Trinajstić information content (AvgIpc) is 2.82. The Labute approximate surface area is 103 Å². The minimum atomic E-state index is 0.295. The summed E-state index contributed by atoms with van der Waals surface area (Å²) in [7, 11) is 0. The third kappa shape index (κ3) is 1.02. The Bertz CT molecular complexity index is 997. The van der Waals surface area contributed by atoms with Gasteiger partial charge in [0, 0.05) is 5.39 Å². The van der Waals surface area contributed by atoms with Gasteiger partial charge in [0.2, 0.25) is 0 Å². The normalized spacial score (nSPS) is 13.1. The zero-order valence-corrected chi connectivity index (χ0v) is 9.62. The lowest BCUT2D eigenvalue weighted by molar-refractivity contribution is 1.16. The second-order valence-corrected chi connectivity index (χ2v) is 4.66. The van der Waals surface area contributed by atoms with E-state index in [-0.39, 0.29) is 0 Å². The minimum Gasteiger partial charge on any atom is -0.299 e. The van der Waals surface area contributed by atoms with E-state index in [1.807, 2.05) is 24.3 Å². The van der Waals surface area contributed by atoms with E-state index in [0.29, 0.717) is 10.7 Å². The van der Waals surface area contributed by atoms with Crippen LogP contribution >= 0.6 is 0 Å². The number of hydrogen-bond acceptors (Lipinski definition) is 2. The molecular formula is C16H10N2. The molecule has 2 heteroatoms. The topological polar surface area (TPSA) is 47.7 Å². The first-order valence-corrected chi connectivity index (χ1v) is 5.89. The monoisotopic (exact) mass is 230 g/mol. The van der Waals surface area contributed by atoms with Gasteiger partial charge in [-0.05, 0) is 39.1 Å². The summed E-state index contributed by atoms with van der Waals surface area (Å²) in [4.78, 5) is 0. The van der Waals surface area contributed by atoms with Gasteiger partial charge < -0.3 is 0 Å². The van der Waals surface area contributed by atoms with Gasteiger partial charge >= 0.3 is 0 Å². The zero-order chi connectivity index (χ0) is 12.3. The first-order valence-electron chi connectivity index (χ1n) is 5.89. The number of nitrogens with one attached hydrogen (secondary N) is 2. The van der Waals surface area contributed by atoms with Gasteiger partial charge in [-0.1, -0.05) is 36.4 Å². The molecular weight excluding hydrogens is 220 g/mol. The van der Waals surface area contributed by atoms with E-state index in [2.05, 4.69) is 18.2 Å². The van der Waals surface area contributed by atoms with Crippen LogP contribution in [-0.4, -0.2) is 0 Å². The first kappa shape index (κ1) is 9.54. The van der Waals surface area contributed by atoms with Crippen LogP contribution < -0.4 is 15.9 Å². The maximum atomic E-state index is 8.18. The minimum absolute atomic E-state index is 0.295. The van der Waals surface area contributed by atoms with Crippen LogP contribution in [0.1, 0.15) is 5.56 Å². The molecule has 0 amide bonds. The van der Waals surface area contributed by atoms with Crippen molar-refractivity contribution in [2.45, 2.75) is 0 Å². The summed E-state index contributed by atoms with van der Waals surface area (Å²) in [5, 5.41) is 22.0. The summed E-state index contributed by atoms with van der Waals surface area (Å²) in [5.41, 5.74) is 1.15. The fourth-order valence-electron chi connectivity index (χ4n) is 2.83. The van der Waals surface area contributed by atoms with Gasteiger partial charge in [0.05, 0.1) is 10.7 Å². The van der Waals surface area contributed by atoms with Gasteiger partial charge in [0.1, 0.15) is 0 Å². The molecule has 4 rings (SSSR count). The van der Waals surface area contributed by atoms with E-state index in [0.717, 1.165) is 32.3 Å². The first-order chi connectivity index (χ1) is 8.75. The number of allylic oxidation sites excluding steroid dienone is 1. The number of hydrogen-bond donors (Lipinski definition) is 2. The molecule has 0 heterocycles. The van der Waals surface area contributed by atoms with Gasteiger partial charge in [0.15, 0.2) is 0 Å². The molecule has 1 aliphatic rings. The number of rotatable bonds is 0. The Morgan fingerprint density at radius 3 is 2.50 bits per heavy atom. The molecule has 84 valence electrons. The highest BCUT2D eigenvalue weighted by atomic mass is 14.4. The van der Waals surface area contributed by atoms with Crippen molar-refractivity contribution in [1.29, 1.82) is 10.8 Å². The summed E-state index contributed by atoms with van der Waals surface area (Å²) in [6.07, 6.45) is 6.11. The molecule has 0 bridgehead atoms. The second kappa shape index (κ2) is 3.05. The molecule has 0 saturated heterocycles. The van der Waals surface area contributed by atoms with E-state index in [1.165, 1.54) is 0 Å². The Hall–Kier alpha value is -2.48. The predicted molar refractivity (Wildman–Crippen MR) is 73.1 cm³/mol. The highest BCUT2D eigenvalue weighted by molar-refractivity contribution is 6.11. The molecule has 0 unspecified atom stereocenters. The van der Waals surface area contributed by atoms with E-state index < -0.39 is 0 Å². The number of benzene rings is 3. The van der Waals surface area contributed by atoms with Crippen LogP contribution in [0.25, 0.3) is 33.7 Å². The van der Waals surface area contributed by atoms with Crippen LogP contribution in [0.5, 0.6) is 0 Å². The van der Waals surface area contributed by atoms with Gasteiger partial charge in [-0.2, -0.15) is 0 Å². The highest BCUT2D eigenvalue weighted by Crippen LogP contribution is 2.23. The predicted octanol–water partition coefficient (Wildman–Crippen LogP) is 1.92. The molecule has 0 atom stereocenters. The summed E-state index contributed by atoms with van der Waals surface area (Å²) < 4.78 is 0. The SMILES string of the molecule is N=c1cc2cccc3cc4c(c(c1=N)c32)=CC=C4. The maximum absolute atomic E-state index is 8.18.